The summed E-state index contributed by atoms with van der Waals surface area (Å²) >= 11 is 0. The van der Waals surface area contributed by atoms with Crippen molar-refractivity contribution in [3.8, 4) is 11.8 Å². The highest BCUT2D eigenvalue weighted by Crippen LogP contribution is 2.36. The van der Waals surface area contributed by atoms with Crippen LogP contribution in [0.2, 0.25) is 0 Å². The van der Waals surface area contributed by atoms with Crippen LogP contribution in [0.1, 0.15) is 11.1 Å². The molecule has 0 spiro atoms. The third kappa shape index (κ3) is 2.97. The van der Waals surface area contributed by atoms with E-state index in [0.29, 0.717) is 23.5 Å². The van der Waals surface area contributed by atoms with Gasteiger partial charge in [-0.2, -0.15) is 5.26 Å². The molecule has 0 fully saturated rings. The van der Waals surface area contributed by atoms with Gasteiger partial charge in [0.2, 0.25) is 0 Å². The highest BCUT2D eigenvalue weighted by Gasteiger charge is 2.34. The van der Waals surface area contributed by atoms with Crippen LogP contribution in [-0.4, -0.2) is 18.6 Å². The van der Waals surface area contributed by atoms with Crippen molar-refractivity contribution in [1.82, 2.24) is 0 Å². The van der Waals surface area contributed by atoms with E-state index in [2.05, 4.69) is 0 Å². The zero-order valence-corrected chi connectivity index (χ0v) is 12.8. The van der Waals surface area contributed by atoms with Gasteiger partial charge < -0.3 is 10.5 Å². The largest absolute Gasteiger partial charge is 0.478 e. The molecule has 1 atom stereocenters. The first kappa shape index (κ1) is 14.9. The zero-order valence-electron chi connectivity index (χ0n) is 12.8. The van der Waals surface area contributed by atoms with E-state index < -0.39 is 6.10 Å². The van der Waals surface area contributed by atoms with Gasteiger partial charge in [-0.3, -0.25) is 9.69 Å². The number of nitriles is 1. The quantitative estimate of drug-likeness (QED) is 0.697. The molecule has 1 aliphatic heterocycles. The van der Waals surface area contributed by atoms with E-state index in [1.807, 2.05) is 37.3 Å². The number of benzene rings is 2. The Labute approximate surface area is 134 Å². The van der Waals surface area contributed by atoms with E-state index in [9.17, 15) is 4.79 Å². The van der Waals surface area contributed by atoms with Gasteiger partial charge in [-0.05, 0) is 30.7 Å². The lowest BCUT2D eigenvalue weighted by molar-refractivity contribution is -0.126. The predicted molar refractivity (Wildman–Crippen MR) is 88.1 cm³/mol. The summed E-state index contributed by atoms with van der Waals surface area (Å²) < 4.78 is 5.86. The fraction of sp³-hybridized carbons (Fsp3) is 0.222. The number of carbonyl (C=O) groups is 1. The number of carbonyl (C=O) groups excluding carboxylic acids is 1. The van der Waals surface area contributed by atoms with Gasteiger partial charge in [-0.15, -0.1) is 0 Å². The zero-order chi connectivity index (χ0) is 16.4. The van der Waals surface area contributed by atoms with Gasteiger partial charge in [0, 0.05) is 12.1 Å². The number of rotatable bonds is 3. The molecule has 0 bridgehead atoms. The van der Waals surface area contributed by atoms with Crippen molar-refractivity contribution in [2.75, 3.05) is 17.2 Å². The molecule has 116 valence electrons. The molecule has 0 radical (unpaired) electrons. The molecule has 0 aliphatic carbocycles. The Kier molecular flexibility index (Phi) is 3.90. The average molecular weight is 307 g/mol. The van der Waals surface area contributed by atoms with Crippen LogP contribution < -0.4 is 15.4 Å². The van der Waals surface area contributed by atoms with Crippen LogP contribution in [0, 0.1) is 18.3 Å². The fourth-order valence-electron chi connectivity index (χ4n) is 2.76. The number of aryl methyl sites for hydroxylation is 1. The van der Waals surface area contributed by atoms with E-state index in [1.165, 1.54) is 4.90 Å². The second-order valence-electron chi connectivity index (χ2n) is 5.61. The molecule has 1 amide bonds. The summed E-state index contributed by atoms with van der Waals surface area (Å²) in [5, 5.41) is 9.03. The van der Waals surface area contributed by atoms with Gasteiger partial charge in [0.1, 0.15) is 12.3 Å². The van der Waals surface area contributed by atoms with Crippen molar-refractivity contribution >= 4 is 17.3 Å². The van der Waals surface area contributed by atoms with Gasteiger partial charge in [-0.25, -0.2) is 0 Å². The monoisotopic (exact) mass is 307 g/mol. The molecule has 0 saturated heterocycles. The third-order valence-electron chi connectivity index (χ3n) is 3.82. The molecular weight excluding hydrogens is 290 g/mol. The minimum Gasteiger partial charge on any atom is -0.478 e. The highest BCUT2D eigenvalue weighted by molar-refractivity contribution is 6.01. The summed E-state index contributed by atoms with van der Waals surface area (Å²) in [6.45, 7) is 1.98. The Morgan fingerprint density at radius 2 is 2.13 bits per heavy atom. The lowest BCUT2D eigenvalue weighted by Crippen LogP contribution is -2.47. The molecule has 5 nitrogen and oxygen atoms in total. The molecule has 1 unspecified atom stereocenters. The van der Waals surface area contributed by atoms with Gasteiger partial charge in [0.25, 0.3) is 5.91 Å². The second-order valence-corrected chi connectivity index (χ2v) is 5.61. The van der Waals surface area contributed by atoms with E-state index in [1.54, 1.807) is 18.2 Å². The number of nitrogen functional groups attached to an aromatic ring is 1. The molecule has 2 N–H and O–H groups in total. The Morgan fingerprint density at radius 3 is 2.87 bits per heavy atom. The molecular formula is C18H17N3O2. The smallest absolute Gasteiger partial charge is 0.269 e. The first-order valence-corrected chi connectivity index (χ1v) is 7.38. The Morgan fingerprint density at radius 1 is 1.30 bits per heavy atom. The normalized spacial score (nSPS) is 16.4. The summed E-state index contributed by atoms with van der Waals surface area (Å²) in [5.41, 5.74) is 9.02. The third-order valence-corrected chi connectivity index (χ3v) is 3.82. The summed E-state index contributed by atoms with van der Waals surface area (Å²) in [5.74, 6) is 0.359. The van der Waals surface area contributed by atoms with Crippen LogP contribution >= 0.6 is 0 Å². The van der Waals surface area contributed by atoms with Crippen LogP contribution in [0.15, 0.2) is 42.5 Å². The molecule has 1 aliphatic rings. The summed E-state index contributed by atoms with van der Waals surface area (Å²) in [4.78, 5) is 14.1. The maximum atomic E-state index is 12.7. The Balaban J connectivity index is 1.93. The predicted octanol–water partition coefficient (Wildman–Crippen LogP) is 2.44. The van der Waals surface area contributed by atoms with Gasteiger partial charge in [0.05, 0.1) is 11.8 Å². The van der Waals surface area contributed by atoms with Crippen molar-refractivity contribution in [1.29, 1.82) is 5.26 Å². The van der Waals surface area contributed by atoms with Crippen LogP contribution in [0.25, 0.3) is 0 Å². The molecule has 2 aromatic carbocycles. The number of hydrogen-bond acceptors (Lipinski definition) is 4. The van der Waals surface area contributed by atoms with Crippen molar-refractivity contribution in [2.24, 2.45) is 0 Å². The second kappa shape index (κ2) is 6.01. The first-order chi connectivity index (χ1) is 11.1. The topological polar surface area (TPSA) is 79.3 Å². The van der Waals surface area contributed by atoms with E-state index in [0.717, 1.165) is 11.1 Å². The minimum atomic E-state index is -0.638. The van der Waals surface area contributed by atoms with Crippen LogP contribution in [0.3, 0.4) is 0 Å². The van der Waals surface area contributed by atoms with Crippen molar-refractivity contribution < 1.29 is 9.53 Å². The number of nitrogens with zero attached hydrogens (tertiary/aromatic N) is 2. The molecule has 23 heavy (non-hydrogen) atoms. The Hall–Kier alpha value is -3.00. The first-order valence-electron chi connectivity index (χ1n) is 7.38. The molecule has 5 heteroatoms. The molecule has 3 rings (SSSR count). The van der Waals surface area contributed by atoms with E-state index in [4.69, 9.17) is 15.7 Å². The van der Waals surface area contributed by atoms with Crippen LogP contribution in [-0.2, 0) is 11.2 Å². The summed E-state index contributed by atoms with van der Waals surface area (Å²) in [7, 11) is 0. The molecule has 0 saturated carbocycles. The Bertz CT molecular complexity index is 795. The standard InChI is InChI=1S/C18H17N3O2/c1-12-3-2-4-13(9-12)10-17-18(22)21(8-7-19)15-11-14(20)5-6-16(15)23-17/h2-6,9,11,17H,8,10,20H2,1H3. The number of nitrogens with two attached hydrogens (primary N) is 1. The minimum absolute atomic E-state index is 0.0248. The number of ether oxygens (including phenoxy) is 1. The van der Waals surface area contributed by atoms with Gasteiger partial charge in [0.15, 0.2) is 6.10 Å². The molecule has 1 heterocycles. The summed E-state index contributed by atoms with van der Waals surface area (Å²) in [6.07, 6.45) is -0.173. The van der Waals surface area contributed by atoms with Crippen LogP contribution in [0.5, 0.6) is 5.75 Å². The molecule has 2 aromatic rings. The van der Waals surface area contributed by atoms with Crippen LogP contribution in [0.4, 0.5) is 11.4 Å². The number of hydrogen-bond donors (Lipinski definition) is 1. The van der Waals surface area contributed by atoms with Gasteiger partial charge >= 0.3 is 0 Å². The average Bonchev–Trinajstić information content (AvgIpc) is 2.52. The highest BCUT2D eigenvalue weighted by atomic mass is 16.5. The van der Waals surface area contributed by atoms with Crippen molar-refractivity contribution in [3.05, 3.63) is 53.6 Å². The van der Waals surface area contributed by atoms with E-state index in [-0.39, 0.29) is 12.5 Å². The van der Waals surface area contributed by atoms with Crippen molar-refractivity contribution in [3.63, 3.8) is 0 Å². The number of fused-ring (bicyclic) bond motifs is 1. The maximum Gasteiger partial charge on any atom is 0.269 e. The number of anilines is 2. The van der Waals surface area contributed by atoms with E-state index >= 15 is 0 Å². The van der Waals surface area contributed by atoms with Gasteiger partial charge in [-0.1, -0.05) is 29.8 Å². The fourth-order valence-corrected chi connectivity index (χ4v) is 2.76. The molecule has 0 aromatic heterocycles. The maximum absolute atomic E-state index is 12.7. The van der Waals surface area contributed by atoms with Crippen molar-refractivity contribution in [2.45, 2.75) is 19.4 Å². The lowest BCUT2D eigenvalue weighted by atomic mass is 10.0. The summed E-state index contributed by atoms with van der Waals surface area (Å²) in [6, 6.07) is 15.1. The SMILES string of the molecule is Cc1cccc(CC2Oc3ccc(N)cc3N(CC#N)C2=O)c1. The number of amides is 1. The lowest BCUT2D eigenvalue weighted by Gasteiger charge is -2.33.